The lowest BCUT2D eigenvalue weighted by Crippen LogP contribution is -2.45. The van der Waals surface area contributed by atoms with Gasteiger partial charge in [-0.2, -0.15) is 0 Å². The quantitative estimate of drug-likeness (QED) is 0.782. The molecule has 1 aliphatic heterocycles. The standard InChI is InChI=1S/C21H22ClN3O3/c1-4-21(15-8-6-5-7-9-15)19(27)25(20(28)23-21)13-18(26)24(3)16-11-10-14(2)17(22)12-16/h5-12H,4,13H2,1-3H3,(H,23,28). The fraction of sp³-hybridized carbons (Fsp3) is 0.286. The Morgan fingerprint density at radius 2 is 1.86 bits per heavy atom. The van der Waals surface area contributed by atoms with Gasteiger partial charge in [0.25, 0.3) is 5.91 Å². The summed E-state index contributed by atoms with van der Waals surface area (Å²) in [5, 5.41) is 3.32. The molecule has 2 aromatic rings. The number of aryl methyl sites for hydroxylation is 1. The molecule has 2 aromatic carbocycles. The second-order valence-corrected chi connectivity index (χ2v) is 7.24. The molecule has 0 saturated carbocycles. The normalized spacial score (nSPS) is 18.9. The molecule has 6 nitrogen and oxygen atoms in total. The molecule has 1 heterocycles. The predicted octanol–water partition coefficient (Wildman–Crippen LogP) is 3.47. The summed E-state index contributed by atoms with van der Waals surface area (Å²) in [4.78, 5) is 40.7. The maximum atomic E-state index is 13.1. The molecular weight excluding hydrogens is 378 g/mol. The molecule has 0 aliphatic carbocycles. The van der Waals surface area contributed by atoms with Gasteiger partial charge in [0.2, 0.25) is 5.91 Å². The van der Waals surface area contributed by atoms with Crippen LogP contribution in [0.15, 0.2) is 48.5 Å². The highest BCUT2D eigenvalue weighted by molar-refractivity contribution is 6.31. The van der Waals surface area contributed by atoms with Crippen LogP contribution in [0.4, 0.5) is 10.5 Å². The Labute approximate surface area is 169 Å². The van der Waals surface area contributed by atoms with Crippen LogP contribution in [0.1, 0.15) is 24.5 Å². The number of halogens is 1. The number of rotatable bonds is 5. The molecule has 1 saturated heterocycles. The molecule has 1 unspecified atom stereocenters. The van der Waals surface area contributed by atoms with Crippen molar-refractivity contribution in [3.05, 3.63) is 64.7 Å². The molecule has 7 heteroatoms. The number of likely N-dealkylation sites (N-methyl/N-ethyl adjacent to an activating group) is 1. The molecule has 1 atom stereocenters. The van der Waals surface area contributed by atoms with Gasteiger partial charge in [0.05, 0.1) is 0 Å². The summed E-state index contributed by atoms with van der Waals surface area (Å²) in [5.41, 5.74) is 1.04. The number of nitrogens with one attached hydrogen (secondary N) is 1. The van der Waals surface area contributed by atoms with E-state index in [-0.39, 0.29) is 12.5 Å². The minimum absolute atomic E-state index is 0.346. The first-order valence-electron chi connectivity index (χ1n) is 9.02. The van der Waals surface area contributed by atoms with Crippen molar-refractivity contribution >= 4 is 35.1 Å². The van der Waals surface area contributed by atoms with Gasteiger partial charge in [-0.25, -0.2) is 4.79 Å². The summed E-state index contributed by atoms with van der Waals surface area (Å²) in [6, 6.07) is 13.8. The molecule has 0 radical (unpaired) electrons. The summed E-state index contributed by atoms with van der Waals surface area (Å²) < 4.78 is 0. The van der Waals surface area contributed by atoms with E-state index in [4.69, 9.17) is 11.6 Å². The maximum absolute atomic E-state index is 13.1. The van der Waals surface area contributed by atoms with Crippen molar-refractivity contribution < 1.29 is 14.4 Å². The smallest absolute Gasteiger partial charge is 0.319 e. The van der Waals surface area contributed by atoms with Gasteiger partial charge in [-0.15, -0.1) is 0 Å². The second kappa shape index (κ2) is 7.64. The van der Waals surface area contributed by atoms with Crippen LogP contribution in [0.2, 0.25) is 5.02 Å². The first-order chi connectivity index (χ1) is 13.3. The van der Waals surface area contributed by atoms with E-state index in [1.165, 1.54) is 4.90 Å². The van der Waals surface area contributed by atoms with Crippen molar-refractivity contribution in [2.45, 2.75) is 25.8 Å². The van der Waals surface area contributed by atoms with E-state index in [0.717, 1.165) is 10.5 Å². The molecule has 28 heavy (non-hydrogen) atoms. The summed E-state index contributed by atoms with van der Waals surface area (Å²) in [5.74, 6) is -0.807. The maximum Gasteiger partial charge on any atom is 0.325 e. The van der Waals surface area contributed by atoms with E-state index in [0.29, 0.717) is 22.7 Å². The highest BCUT2D eigenvalue weighted by Gasteiger charge is 2.51. The average Bonchev–Trinajstić information content (AvgIpc) is 2.95. The number of anilines is 1. The van der Waals surface area contributed by atoms with E-state index in [9.17, 15) is 14.4 Å². The molecule has 1 fully saturated rings. The number of carbonyl (C=O) groups excluding carboxylic acids is 3. The van der Waals surface area contributed by atoms with Gasteiger partial charge in [0, 0.05) is 17.8 Å². The first-order valence-corrected chi connectivity index (χ1v) is 9.40. The van der Waals surface area contributed by atoms with Crippen LogP contribution >= 0.6 is 11.6 Å². The van der Waals surface area contributed by atoms with Crippen LogP contribution < -0.4 is 10.2 Å². The Bertz CT molecular complexity index is 932. The largest absolute Gasteiger partial charge is 0.325 e. The Hall–Kier alpha value is -2.86. The van der Waals surface area contributed by atoms with Crippen molar-refractivity contribution in [1.29, 1.82) is 0 Å². The Morgan fingerprint density at radius 1 is 1.18 bits per heavy atom. The van der Waals surface area contributed by atoms with Gasteiger partial charge in [0.15, 0.2) is 0 Å². The molecule has 3 rings (SSSR count). The summed E-state index contributed by atoms with van der Waals surface area (Å²) >= 11 is 6.14. The highest BCUT2D eigenvalue weighted by atomic mass is 35.5. The van der Waals surface area contributed by atoms with Crippen LogP contribution in [0.3, 0.4) is 0 Å². The molecule has 1 N–H and O–H groups in total. The number of hydrogen-bond donors (Lipinski definition) is 1. The zero-order valence-corrected chi connectivity index (χ0v) is 16.8. The zero-order valence-electron chi connectivity index (χ0n) is 16.0. The lowest BCUT2D eigenvalue weighted by molar-refractivity contribution is -0.134. The van der Waals surface area contributed by atoms with Gasteiger partial charge >= 0.3 is 6.03 Å². The van der Waals surface area contributed by atoms with Crippen molar-refractivity contribution in [1.82, 2.24) is 10.2 Å². The molecule has 0 spiro atoms. The third-order valence-corrected chi connectivity index (χ3v) is 5.59. The monoisotopic (exact) mass is 399 g/mol. The first kappa shape index (κ1) is 19.9. The van der Waals surface area contributed by atoms with Crippen LogP contribution in [0.5, 0.6) is 0 Å². The Morgan fingerprint density at radius 3 is 2.46 bits per heavy atom. The van der Waals surface area contributed by atoms with Crippen LogP contribution in [0.25, 0.3) is 0 Å². The summed E-state index contributed by atoms with van der Waals surface area (Å²) in [7, 11) is 1.59. The van der Waals surface area contributed by atoms with E-state index < -0.39 is 17.5 Å². The predicted molar refractivity (Wildman–Crippen MR) is 108 cm³/mol. The van der Waals surface area contributed by atoms with E-state index in [1.54, 1.807) is 31.3 Å². The molecule has 146 valence electrons. The minimum Gasteiger partial charge on any atom is -0.319 e. The van der Waals surface area contributed by atoms with Gasteiger partial charge in [-0.3, -0.25) is 14.5 Å². The number of urea groups is 1. The Balaban J connectivity index is 1.82. The second-order valence-electron chi connectivity index (χ2n) is 6.83. The van der Waals surface area contributed by atoms with Gasteiger partial charge in [-0.1, -0.05) is 54.9 Å². The number of imide groups is 1. The van der Waals surface area contributed by atoms with E-state index >= 15 is 0 Å². The number of amides is 4. The zero-order chi connectivity index (χ0) is 20.5. The fourth-order valence-electron chi connectivity index (χ4n) is 3.31. The lowest BCUT2D eigenvalue weighted by atomic mass is 9.87. The van der Waals surface area contributed by atoms with Crippen molar-refractivity contribution in [3.63, 3.8) is 0 Å². The summed E-state index contributed by atoms with van der Waals surface area (Å²) in [6.07, 6.45) is 0.385. The highest BCUT2D eigenvalue weighted by Crippen LogP contribution is 2.32. The van der Waals surface area contributed by atoms with Gasteiger partial charge < -0.3 is 10.2 Å². The van der Waals surface area contributed by atoms with Crippen LogP contribution in [-0.2, 0) is 15.1 Å². The molecule has 0 aromatic heterocycles. The lowest BCUT2D eigenvalue weighted by Gasteiger charge is -2.26. The molecule has 0 bridgehead atoms. The van der Waals surface area contributed by atoms with E-state index in [2.05, 4.69) is 5.32 Å². The minimum atomic E-state index is -1.15. The molecule has 4 amide bonds. The SMILES string of the molecule is CCC1(c2ccccc2)NC(=O)N(CC(=O)N(C)c2ccc(C)c(Cl)c2)C1=O. The van der Waals surface area contributed by atoms with Gasteiger partial charge in [0.1, 0.15) is 12.1 Å². The van der Waals surface area contributed by atoms with Crippen molar-refractivity contribution in [2.75, 3.05) is 18.5 Å². The third kappa shape index (κ3) is 3.36. The van der Waals surface area contributed by atoms with Crippen LogP contribution in [-0.4, -0.2) is 36.3 Å². The Kier molecular flexibility index (Phi) is 5.42. The molecular formula is C21H22ClN3O3. The topological polar surface area (TPSA) is 69.7 Å². The third-order valence-electron chi connectivity index (χ3n) is 5.18. The number of hydrogen-bond acceptors (Lipinski definition) is 3. The van der Waals surface area contributed by atoms with Crippen molar-refractivity contribution in [2.24, 2.45) is 0 Å². The van der Waals surface area contributed by atoms with Gasteiger partial charge in [-0.05, 0) is 36.6 Å². The van der Waals surface area contributed by atoms with Crippen molar-refractivity contribution in [3.8, 4) is 0 Å². The van der Waals surface area contributed by atoms with E-state index in [1.807, 2.05) is 38.1 Å². The van der Waals surface area contributed by atoms with Crippen LogP contribution in [0, 0.1) is 6.92 Å². The summed E-state index contributed by atoms with van der Waals surface area (Å²) in [6.45, 7) is 3.35. The average molecular weight is 400 g/mol. The number of carbonyl (C=O) groups is 3. The number of nitrogens with zero attached hydrogens (tertiary/aromatic N) is 2. The number of benzene rings is 2. The molecule has 1 aliphatic rings. The fourth-order valence-corrected chi connectivity index (χ4v) is 3.48.